The van der Waals surface area contributed by atoms with Crippen molar-refractivity contribution in [1.29, 1.82) is 0 Å². The van der Waals surface area contributed by atoms with Gasteiger partial charge in [0.15, 0.2) is 0 Å². The third-order valence-electron chi connectivity index (χ3n) is 2.77. The van der Waals surface area contributed by atoms with Crippen LogP contribution < -0.4 is 5.32 Å². The minimum absolute atomic E-state index is 0.127. The third-order valence-corrected chi connectivity index (χ3v) is 3.78. The summed E-state index contributed by atoms with van der Waals surface area (Å²) in [6.07, 6.45) is 3.73. The second-order valence-electron chi connectivity index (χ2n) is 4.58. The van der Waals surface area contributed by atoms with Gasteiger partial charge in [-0.25, -0.2) is 0 Å². The molecular weight excluding hydrogens is 270 g/mol. The van der Waals surface area contributed by atoms with Crippen LogP contribution in [0.2, 0.25) is 0 Å². The molecule has 0 bridgehead atoms. The zero-order valence-corrected chi connectivity index (χ0v) is 13.1. The van der Waals surface area contributed by atoms with Gasteiger partial charge in [-0.2, -0.15) is 0 Å². The van der Waals surface area contributed by atoms with E-state index in [2.05, 4.69) is 24.4 Å². The molecule has 1 N–H and O–H groups in total. The molecule has 0 aliphatic heterocycles. The van der Waals surface area contributed by atoms with Crippen molar-refractivity contribution in [3.05, 3.63) is 30.3 Å². The average Bonchev–Trinajstić information content (AvgIpc) is 2.47. The highest BCUT2D eigenvalue weighted by molar-refractivity contribution is 7.99. The standard InChI is InChI=1S/C16H25NO2S/c1-2-3-12-19-13-7-11-17-16(18)10-14-20-15-8-5-4-6-9-15/h4-6,8-9H,2-3,7,10-14H2,1H3,(H,17,18). The molecule has 1 aromatic rings. The van der Waals surface area contributed by atoms with Crippen LogP contribution in [0.15, 0.2) is 35.2 Å². The van der Waals surface area contributed by atoms with Crippen LogP contribution in [0, 0.1) is 0 Å². The molecule has 0 unspecified atom stereocenters. The van der Waals surface area contributed by atoms with E-state index in [0.717, 1.165) is 38.2 Å². The van der Waals surface area contributed by atoms with Crippen molar-refractivity contribution in [3.63, 3.8) is 0 Å². The van der Waals surface area contributed by atoms with Crippen molar-refractivity contribution < 1.29 is 9.53 Å². The summed E-state index contributed by atoms with van der Waals surface area (Å²) in [5, 5.41) is 2.93. The summed E-state index contributed by atoms with van der Waals surface area (Å²) in [6, 6.07) is 10.2. The Morgan fingerprint density at radius 3 is 2.70 bits per heavy atom. The second-order valence-corrected chi connectivity index (χ2v) is 5.75. The second kappa shape index (κ2) is 11.8. The van der Waals surface area contributed by atoms with Gasteiger partial charge in [0.05, 0.1) is 0 Å². The highest BCUT2D eigenvalue weighted by Crippen LogP contribution is 2.17. The van der Waals surface area contributed by atoms with Crippen LogP contribution in [0.4, 0.5) is 0 Å². The molecule has 3 nitrogen and oxygen atoms in total. The Bertz CT molecular complexity index is 357. The molecule has 0 saturated carbocycles. The van der Waals surface area contributed by atoms with Crippen molar-refractivity contribution in [2.24, 2.45) is 0 Å². The summed E-state index contributed by atoms with van der Waals surface area (Å²) < 4.78 is 5.44. The molecule has 0 heterocycles. The molecular formula is C16H25NO2S. The fraction of sp³-hybridized carbons (Fsp3) is 0.562. The predicted molar refractivity (Wildman–Crippen MR) is 85.1 cm³/mol. The molecule has 0 radical (unpaired) electrons. The van der Waals surface area contributed by atoms with Crippen LogP contribution in [0.3, 0.4) is 0 Å². The molecule has 0 fully saturated rings. The molecule has 0 atom stereocenters. The van der Waals surface area contributed by atoms with E-state index in [1.54, 1.807) is 11.8 Å². The van der Waals surface area contributed by atoms with Gasteiger partial charge in [0.25, 0.3) is 0 Å². The normalized spacial score (nSPS) is 10.4. The van der Waals surface area contributed by atoms with Crippen LogP contribution in [0.5, 0.6) is 0 Å². The maximum absolute atomic E-state index is 11.6. The number of hydrogen-bond acceptors (Lipinski definition) is 3. The molecule has 1 amide bonds. The lowest BCUT2D eigenvalue weighted by Gasteiger charge is -2.06. The van der Waals surface area contributed by atoms with Gasteiger partial charge in [0.1, 0.15) is 0 Å². The maximum atomic E-state index is 11.6. The van der Waals surface area contributed by atoms with Crippen LogP contribution in [-0.4, -0.2) is 31.4 Å². The molecule has 0 aliphatic rings. The van der Waals surface area contributed by atoms with E-state index in [1.807, 2.05) is 18.2 Å². The van der Waals surface area contributed by atoms with E-state index < -0.39 is 0 Å². The van der Waals surface area contributed by atoms with E-state index in [-0.39, 0.29) is 5.91 Å². The topological polar surface area (TPSA) is 38.3 Å². The first-order valence-corrected chi connectivity index (χ1v) is 8.33. The van der Waals surface area contributed by atoms with Crippen molar-refractivity contribution in [1.82, 2.24) is 5.32 Å². The fourth-order valence-electron chi connectivity index (χ4n) is 1.62. The first-order valence-electron chi connectivity index (χ1n) is 7.35. The number of hydrogen-bond donors (Lipinski definition) is 1. The lowest BCUT2D eigenvalue weighted by molar-refractivity contribution is -0.120. The number of unbranched alkanes of at least 4 members (excludes halogenated alkanes) is 1. The number of carbonyl (C=O) groups is 1. The Morgan fingerprint density at radius 1 is 1.20 bits per heavy atom. The van der Waals surface area contributed by atoms with E-state index in [4.69, 9.17) is 4.74 Å². The Morgan fingerprint density at radius 2 is 1.95 bits per heavy atom. The average molecular weight is 295 g/mol. The first kappa shape index (κ1) is 17.1. The minimum Gasteiger partial charge on any atom is -0.381 e. The number of thioether (sulfide) groups is 1. The summed E-state index contributed by atoms with van der Waals surface area (Å²) in [7, 11) is 0. The van der Waals surface area contributed by atoms with Crippen molar-refractivity contribution in [2.75, 3.05) is 25.5 Å². The summed E-state index contributed by atoms with van der Waals surface area (Å²) in [5.41, 5.74) is 0. The lowest BCUT2D eigenvalue weighted by Crippen LogP contribution is -2.25. The number of rotatable bonds is 11. The zero-order valence-electron chi connectivity index (χ0n) is 12.3. The first-order chi connectivity index (χ1) is 9.83. The van der Waals surface area contributed by atoms with E-state index in [9.17, 15) is 4.79 Å². The van der Waals surface area contributed by atoms with E-state index >= 15 is 0 Å². The minimum atomic E-state index is 0.127. The molecule has 0 saturated heterocycles. The fourth-order valence-corrected chi connectivity index (χ4v) is 2.49. The Hall–Kier alpha value is -1.00. The van der Waals surface area contributed by atoms with Gasteiger partial charge >= 0.3 is 0 Å². The number of benzene rings is 1. The molecule has 0 spiro atoms. The predicted octanol–water partition coefficient (Wildman–Crippen LogP) is 3.49. The third kappa shape index (κ3) is 8.99. The van der Waals surface area contributed by atoms with Gasteiger partial charge < -0.3 is 10.1 Å². The molecule has 0 aromatic heterocycles. The summed E-state index contributed by atoms with van der Waals surface area (Å²) >= 11 is 1.72. The van der Waals surface area contributed by atoms with Crippen molar-refractivity contribution in [3.8, 4) is 0 Å². The van der Waals surface area contributed by atoms with Gasteiger partial charge in [0.2, 0.25) is 5.91 Å². The SMILES string of the molecule is CCCCOCCCNC(=O)CCSc1ccccc1. The van der Waals surface area contributed by atoms with Gasteiger partial charge in [0, 0.05) is 36.8 Å². The Labute approximate surface area is 126 Å². The Kier molecular flexibility index (Phi) is 10.1. The molecule has 112 valence electrons. The van der Waals surface area contributed by atoms with Gasteiger partial charge in [-0.1, -0.05) is 31.5 Å². The monoisotopic (exact) mass is 295 g/mol. The highest BCUT2D eigenvalue weighted by atomic mass is 32.2. The quantitative estimate of drug-likeness (QED) is 0.501. The number of nitrogens with one attached hydrogen (secondary N) is 1. The smallest absolute Gasteiger partial charge is 0.220 e. The molecule has 20 heavy (non-hydrogen) atoms. The van der Waals surface area contributed by atoms with E-state index in [1.165, 1.54) is 4.90 Å². The number of ether oxygens (including phenoxy) is 1. The van der Waals surface area contributed by atoms with Crippen LogP contribution in [0.1, 0.15) is 32.6 Å². The van der Waals surface area contributed by atoms with Gasteiger partial charge in [-0.3, -0.25) is 4.79 Å². The van der Waals surface area contributed by atoms with E-state index in [0.29, 0.717) is 13.0 Å². The largest absolute Gasteiger partial charge is 0.381 e. The molecule has 1 rings (SSSR count). The highest BCUT2D eigenvalue weighted by Gasteiger charge is 2.01. The van der Waals surface area contributed by atoms with Gasteiger partial charge in [-0.05, 0) is 25.0 Å². The molecule has 0 aliphatic carbocycles. The van der Waals surface area contributed by atoms with Crippen molar-refractivity contribution in [2.45, 2.75) is 37.5 Å². The summed E-state index contributed by atoms with van der Waals surface area (Å²) in [4.78, 5) is 12.8. The summed E-state index contributed by atoms with van der Waals surface area (Å²) in [5.74, 6) is 0.949. The molecule has 4 heteroatoms. The van der Waals surface area contributed by atoms with Crippen LogP contribution >= 0.6 is 11.8 Å². The lowest BCUT2D eigenvalue weighted by atomic mass is 10.3. The summed E-state index contributed by atoms with van der Waals surface area (Å²) in [6.45, 7) is 4.43. The molecule has 1 aromatic carbocycles. The Balaban J connectivity index is 1.93. The number of carbonyl (C=O) groups excluding carboxylic acids is 1. The van der Waals surface area contributed by atoms with Crippen LogP contribution in [0.25, 0.3) is 0 Å². The van der Waals surface area contributed by atoms with Gasteiger partial charge in [-0.15, -0.1) is 11.8 Å². The number of amides is 1. The van der Waals surface area contributed by atoms with Crippen molar-refractivity contribution >= 4 is 17.7 Å². The zero-order chi connectivity index (χ0) is 14.5. The van der Waals surface area contributed by atoms with Crippen LogP contribution in [-0.2, 0) is 9.53 Å². The maximum Gasteiger partial charge on any atom is 0.220 e.